The molecular formula is C9H13NO5. The maximum Gasteiger partial charge on any atom is 0.407 e. The van der Waals surface area contributed by atoms with Gasteiger partial charge in [-0.3, -0.25) is 0 Å². The van der Waals surface area contributed by atoms with E-state index in [-0.39, 0.29) is 18.1 Å². The fraction of sp³-hybridized carbons (Fsp3) is 0.778. The highest BCUT2D eigenvalue weighted by Crippen LogP contribution is 2.49. The molecule has 6 nitrogen and oxygen atoms in total. The van der Waals surface area contributed by atoms with Gasteiger partial charge in [0.1, 0.15) is 6.61 Å². The van der Waals surface area contributed by atoms with Gasteiger partial charge in [0.2, 0.25) is 0 Å². The predicted molar refractivity (Wildman–Crippen MR) is 48.6 cm³/mol. The molecule has 0 bridgehead atoms. The first-order valence-corrected chi connectivity index (χ1v) is 4.82. The molecule has 1 spiro atoms. The van der Waals surface area contributed by atoms with E-state index in [4.69, 9.17) is 14.9 Å². The van der Waals surface area contributed by atoms with Gasteiger partial charge in [0.05, 0.1) is 6.10 Å². The van der Waals surface area contributed by atoms with E-state index in [1.165, 1.54) is 4.90 Å². The maximum atomic E-state index is 10.5. The van der Waals surface area contributed by atoms with Gasteiger partial charge in [-0.05, 0) is 12.8 Å². The lowest BCUT2D eigenvalue weighted by Crippen LogP contribution is -2.65. The van der Waals surface area contributed by atoms with Crippen LogP contribution >= 0.6 is 0 Å². The van der Waals surface area contributed by atoms with Crippen molar-refractivity contribution in [3.8, 4) is 0 Å². The lowest BCUT2D eigenvalue weighted by molar-refractivity contribution is -0.163. The predicted octanol–water partition coefficient (Wildman–Crippen LogP) is 0.230. The van der Waals surface area contributed by atoms with Crippen LogP contribution in [0.4, 0.5) is 4.79 Å². The molecule has 0 aromatic heterocycles. The fourth-order valence-electron chi connectivity index (χ4n) is 2.37. The number of carbonyl (C=O) groups is 2. The summed E-state index contributed by atoms with van der Waals surface area (Å²) in [5.74, 6) is -0.961. The molecule has 1 aliphatic heterocycles. The number of aliphatic carboxylic acids is 1. The van der Waals surface area contributed by atoms with Gasteiger partial charge in [-0.25, -0.2) is 9.59 Å². The number of hydrogen-bond donors (Lipinski definition) is 2. The van der Waals surface area contributed by atoms with Crippen LogP contribution in [-0.2, 0) is 9.53 Å². The van der Waals surface area contributed by atoms with Crippen LogP contribution in [-0.4, -0.2) is 53.0 Å². The van der Waals surface area contributed by atoms with Crippen LogP contribution in [0.3, 0.4) is 0 Å². The molecule has 1 saturated heterocycles. The first-order valence-electron chi connectivity index (χ1n) is 4.82. The summed E-state index contributed by atoms with van der Waals surface area (Å²) in [5, 5.41) is 17.0. The Bertz CT molecular complexity index is 289. The van der Waals surface area contributed by atoms with Crippen molar-refractivity contribution in [3.63, 3.8) is 0 Å². The van der Waals surface area contributed by atoms with Crippen LogP contribution in [0.1, 0.15) is 12.8 Å². The summed E-state index contributed by atoms with van der Waals surface area (Å²) < 4.78 is 5.10. The minimum Gasteiger partial charge on any atom is -0.480 e. The zero-order valence-corrected chi connectivity index (χ0v) is 8.18. The van der Waals surface area contributed by atoms with Gasteiger partial charge in [0.25, 0.3) is 0 Å². The summed E-state index contributed by atoms with van der Waals surface area (Å²) >= 11 is 0. The van der Waals surface area contributed by atoms with Crippen molar-refractivity contribution in [1.82, 2.24) is 4.90 Å². The summed E-state index contributed by atoms with van der Waals surface area (Å²) in [6, 6.07) is 0. The average Bonchev–Trinajstić information content (AvgIpc) is 1.96. The first kappa shape index (κ1) is 10.2. The number of ether oxygens (including phenoxy) is 1. The summed E-state index contributed by atoms with van der Waals surface area (Å²) in [5.41, 5.74) is 0.0849. The van der Waals surface area contributed by atoms with Gasteiger partial charge < -0.3 is 19.8 Å². The van der Waals surface area contributed by atoms with E-state index in [9.17, 15) is 9.59 Å². The molecule has 1 saturated carbocycles. The first-order chi connectivity index (χ1) is 7.01. The third kappa shape index (κ3) is 1.90. The maximum absolute atomic E-state index is 10.5. The van der Waals surface area contributed by atoms with Gasteiger partial charge in [0.15, 0.2) is 0 Å². The van der Waals surface area contributed by atoms with Gasteiger partial charge >= 0.3 is 12.1 Å². The number of rotatable bonds is 3. The molecule has 0 radical (unpaired) electrons. The second-order valence-electron chi connectivity index (χ2n) is 4.37. The number of carboxylic acids is 1. The van der Waals surface area contributed by atoms with Crippen LogP contribution in [0, 0.1) is 5.41 Å². The minimum absolute atomic E-state index is 0.00274. The second-order valence-corrected chi connectivity index (χ2v) is 4.37. The summed E-state index contributed by atoms with van der Waals surface area (Å²) in [7, 11) is 0. The normalized spacial score (nSPS) is 23.3. The number of carboxylic acid groups (broad SMARTS) is 2. The number of likely N-dealkylation sites (tertiary alicyclic amines) is 1. The Balaban J connectivity index is 1.67. The van der Waals surface area contributed by atoms with Crippen molar-refractivity contribution < 1.29 is 24.5 Å². The van der Waals surface area contributed by atoms with E-state index in [1.807, 2.05) is 0 Å². The molecule has 2 fully saturated rings. The Morgan fingerprint density at radius 3 is 2.40 bits per heavy atom. The SMILES string of the molecule is O=C(O)COC1CC2(C1)CN(C(=O)O)C2. The molecule has 0 aromatic rings. The van der Waals surface area contributed by atoms with E-state index >= 15 is 0 Å². The van der Waals surface area contributed by atoms with Crippen LogP contribution in [0.25, 0.3) is 0 Å². The number of nitrogens with zero attached hydrogens (tertiary/aromatic N) is 1. The highest BCUT2D eigenvalue weighted by Gasteiger charge is 2.54. The van der Waals surface area contributed by atoms with E-state index in [2.05, 4.69) is 0 Å². The van der Waals surface area contributed by atoms with Crippen LogP contribution in [0.2, 0.25) is 0 Å². The van der Waals surface area contributed by atoms with Crippen molar-refractivity contribution in [1.29, 1.82) is 0 Å². The molecule has 84 valence electrons. The topological polar surface area (TPSA) is 87.1 Å². The largest absolute Gasteiger partial charge is 0.480 e. The second kappa shape index (κ2) is 3.37. The zero-order valence-electron chi connectivity index (χ0n) is 8.18. The molecule has 1 amide bonds. The molecule has 15 heavy (non-hydrogen) atoms. The summed E-state index contributed by atoms with van der Waals surface area (Å²) in [6.07, 6.45) is 0.682. The van der Waals surface area contributed by atoms with Gasteiger partial charge in [-0.1, -0.05) is 0 Å². The third-order valence-corrected chi connectivity index (χ3v) is 3.09. The zero-order chi connectivity index (χ0) is 11.1. The molecule has 0 atom stereocenters. The monoisotopic (exact) mass is 215 g/mol. The van der Waals surface area contributed by atoms with Crippen molar-refractivity contribution in [2.75, 3.05) is 19.7 Å². The quantitative estimate of drug-likeness (QED) is 0.703. The highest BCUT2D eigenvalue weighted by atomic mass is 16.5. The van der Waals surface area contributed by atoms with Crippen LogP contribution in [0.5, 0.6) is 0 Å². The molecule has 2 rings (SSSR count). The molecule has 6 heteroatoms. The van der Waals surface area contributed by atoms with Crippen molar-refractivity contribution in [2.24, 2.45) is 5.41 Å². The van der Waals surface area contributed by atoms with Gasteiger partial charge in [0, 0.05) is 18.5 Å². The molecule has 2 N–H and O–H groups in total. The molecular weight excluding hydrogens is 202 g/mol. The van der Waals surface area contributed by atoms with Gasteiger partial charge in [-0.15, -0.1) is 0 Å². The average molecular weight is 215 g/mol. The van der Waals surface area contributed by atoms with Crippen molar-refractivity contribution in [2.45, 2.75) is 18.9 Å². The Hall–Kier alpha value is -1.30. The van der Waals surface area contributed by atoms with Crippen LogP contribution in [0.15, 0.2) is 0 Å². The number of amides is 1. The van der Waals surface area contributed by atoms with Crippen LogP contribution < -0.4 is 0 Å². The highest BCUT2D eigenvalue weighted by molar-refractivity contribution is 5.68. The molecule has 0 unspecified atom stereocenters. The lowest BCUT2D eigenvalue weighted by atomic mass is 9.62. The molecule has 2 aliphatic rings. The van der Waals surface area contributed by atoms with Crippen molar-refractivity contribution >= 4 is 12.1 Å². The Morgan fingerprint density at radius 1 is 1.33 bits per heavy atom. The Morgan fingerprint density at radius 2 is 1.93 bits per heavy atom. The van der Waals surface area contributed by atoms with E-state index in [0.717, 1.165) is 12.8 Å². The number of hydrogen-bond acceptors (Lipinski definition) is 3. The smallest absolute Gasteiger partial charge is 0.407 e. The standard InChI is InChI=1S/C9H13NO5/c11-7(12)3-15-6-1-9(2-6)4-10(5-9)8(13)14/h6H,1-5H2,(H,11,12)(H,13,14). The molecule has 1 heterocycles. The molecule has 1 aliphatic carbocycles. The summed E-state index contributed by atoms with van der Waals surface area (Å²) in [6.45, 7) is 0.869. The molecule has 0 aromatic carbocycles. The van der Waals surface area contributed by atoms with Gasteiger partial charge in [-0.2, -0.15) is 0 Å². The fourth-order valence-corrected chi connectivity index (χ4v) is 2.37. The Kier molecular flexibility index (Phi) is 2.30. The van der Waals surface area contributed by atoms with Crippen molar-refractivity contribution in [3.05, 3.63) is 0 Å². The van der Waals surface area contributed by atoms with E-state index in [1.54, 1.807) is 0 Å². The lowest BCUT2D eigenvalue weighted by Gasteiger charge is -2.57. The third-order valence-electron chi connectivity index (χ3n) is 3.09. The summed E-state index contributed by atoms with van der Waals surface area (Å²) in [4.78, 5) is 22.1. The van der Waals surface area contributed by atoms with E-state index < -0.39 is 12.1 Å². The Labute approximate surface area is 86.4 Å². The minimum atomic E-state index is -0.961. The van der Waals surface area contributed by atoms with E-state index in [0.29, 0.717) is 13.1 Å².